The van der Waals surface area contributed by atoms with Crippen molar-refractivity contribution in [1.29, 1.82) is 0 Å². The highest BCUT2D eigenvalue weighted by Crippen LogP contribution is 2.27. The summed E-state index contributed by atoms with van der Waals surface area (Å²) in [5.74, 6) is 0.459. The summed E-state index contributed by atoms with van der Waals surface area (Å²) in [4.78, 5) is 12.7. The fraction of sp³-hybridized carbons (Fsp3) is 0.158. The monoisotopic (exact) mass is 413 g/mol. The van der Waals surface area contributed by atoms with E-state index in [-0.39, 0.29) is 17.5 Å². The largest absolute Gasteiger partial charge is 0.463 e. The van der Waals surface area contributed by atoms with E-state index in [1.165, 1.54) is 11.3 Å². The quantitative estimate of drug-likeness (QED) is 0.496. The lowest BCUT2D eigenvalue weighted by atomic mass is 10.2. The number of halogens is 1. The van der Waals surface area contributed by atoms with Gasteiger partial charge in [-0.05, 0) is 30.3 Å². The average Bonchev–Trinajstić information content (AvgIpc) is 3.41. The Labute approximate surface area is 170 Å². The van der Waals surface area contributed by atoms with Gasteiger partial charge < -0.3 is 4.42 Å². The molecule has 0 spiro atoms. The molecular formula is C19H16ClN5O2S. The molecule has 142 valence electrons. The van der Waals surface area contributed by atoms with Crippen LogP contribution >= 0.6 is 22.9 Å². The number of carbonyl (C=O) groups is 1. The smallest absolute Gasteiger partial charge is 0.278 e. The number of hydrogen-bond donors (Lipinski definition) is 1. The number of anilines is 1. The van der Waals surface area contributed by atoms with E-state index in [0.29, 0.717) is 21.6 Å². The van der Waals surface area contributed by atoms with Crippen LogP contribution in [0.4, 0.5) is 5.13 Å². The van der Waals surface area contributed by atoms with Gasteiger partial charge in [0.25, 0.3) is 5.91 Å². The second-order valence-corrected chi connectivity index (χ2v) is 7.78. The summed E-state index contributed by atoms with van der Waals surface area (Å²) in [5, 5.41) is 17.2. The molecule has 28 heavy (non-hydrogen) atoms. The Balaban J connectivity index is 1.69. The Morgan fingerprint density at radius 3 is 2.75 bits per heavy atom. The molecule has 3 heterocycles. The zero-order chi connectivity index (χ0) is 19.7. The van der Waals surface area contributed by atoms with Crippen LogP contribution < -0.4 is 5.32 Å². The topological polar surface area (TPSA) is 85.8 Å². The van der Waals surface area contributed by atoms with Crippen LogP contribution in [0, 0.1) is 0 Å². The van der Waals surface area contributed by atoms with E-state index in [2.05, 4.69) is 20.6 Å². The number of rotatable bonds is 5. The van der Waals surface area contributed by atoms with E-state index in [0.717, 1.165) is 10.7 Å². The van der Waals surface area contributed by atoms with Crippen LogP contribution in [-0.4, -0.2) is 25.9 Å². The van der Waals surface area contributed by atoms with E-state index in [9.17, 15) is 4.79 Å². The lowest BCUT2D eigenvalue weighted by Gasteiger charge is -2.05. The molecule has 4 rings (SSSR count). The number of nitrogens with one attached hydrogen (secondary N) is 1. The minimum Gasteiger partial charge on any atom is -0.463 e. The molecule has 1 amide bonds. The molecular weight excluding hydrogens is 398 g/mol. The highest BCUT2D eigenvalue weighted by molar-refractivity contribution is 7.15. The first-order valence-electron chi connectivity index (χ1n) is 8.56. The SMILES string of the molecule is CC(C)c1nnc(NC(=O)c2cc(-c3ccco3)n(-c3cccc(Cl)c3)n2)s1. The standard InChI is InChI=1S/C19H16ClN5O2S/c1-11(2)18-22-23-19(28-18)21-17(26)14-10-15(16-7-4-8-27-16)25(24-14)13-6-3-5-12(20)9-13/h3-11H,1-2H3,(H,21,23,26). The summed E-state index contributed by atoms with van der Waals surface area (Å²) in [7, 11) is 0. The molecule has 0 bridgehead atoms. The maximum Gasteiger partial charge on any atom is 0.278 e. The first kappa shape index (κ1) is 18.4. The summed E-state index contributed by atoms with van der Waals surface area (Å²) in [5.41, 5.74) is 1.58. The number of aromatic nitrogens is 4. The molecule has 1 N–H and O–H groups in total. The molecule has 7 nitrogen and oxygen atoms in total. The molecule has 4 aromatic rings. The van der Waals surface area contributed by atoms with Gasteiger partial charge in [0.1, 0.15) is 10.7 Å². The number of benzene rings is 1. The molecule has 0 aliphatic heterocycles. The van der Waals surface area contributed by atoms with Crippen LogP contribution in [0.15, 0.2) is 53.1 Å². The van der Waals surface area contributed by atoms with Crippen LogP contribution in [0.25, 0.3) is 17.1 Å². The number of carbonyl (C=O) groups excluding carboxylic acids is 1. The Bertz CT molecular complexity index is 1120. The average molecular weight is 414 g/mol. The van der Waals surface area contributed by atoms with Crippen LogP contribution in [0.1, 0.15) is 35.3 Å². The van der Waals surface area contributed by atoms with Crippen molar-refractivity contribution in [1.82, 2.24) is 20.0 Å². The molecule has 0 radical (unpaired) electrons. The second-order valence-electron chi connectivity index (χ2n) is 6.34. The fourth-order valence-electron chi connectivity index (χ4n) is 2.58. The van der Waals surface area contributed by atoms with Crippen molar-refractivity contribution in [2.75, 3.05) is 5.32 Å². The predicted molar refractivity (Wildman–Crippen MR) is 108 cm³/mol. The van der Waals surface area contributed by atoms with E-state index in [1.807, 2.05) is 26.0 Å². The van der Waals surface area contributed by atoms with Crippen molar-refractivity contribution in [3.63, 3.8) is 0 Å². The zero-order valence-electron chi connectivity index (χ0n) is 15.1. The van der Waals surface area contributed by atoms with Crippen LogP contribution in [-0.2, 0) is 0 Å². The van der Waals surface area contributed by atoms with Crippen molar-refractivity contribution in [2.45, 2.75) is 19.8 Å². The summed E-state index contributed by atoms with van der Waals surface area (Å²) < 4.78 is 7.13. The Morgan fingerprint density at radius 2 is 2.07 bits per heavy atom. The lowest BCUT2D eigenvalue weighted by molar-refractivity contribution is 0.102. The summed E-state index contributed by atoms with van der Waals surface area (Å²) in [6, 6.07) is 12.5. The fourth-order valence-corrected chi connectivity index (χ4v) is 3.50. The normalized spacial score (nSPS) is 11.1. The summed E-state index contributed by atoms with van der Waals surface area (Å²) in [6.07, 6.45) is 1.57. The van der Waals surface area contributed by atoms with Crippen molar-refractivity contribution < 1.29 is 9.21 Å². The number of hydrogen-bond acceptors (Lipinski definition) is 6. The Hall–Kier alpha value is -2.97. The molecule has 0 fully saturated rings. The third kappa shape index (κ3) is 3.69. The van der Waals surface area contributed by atoms with Crippen molar-refractivity contribution in [3.8, 4) is 17.1 Å². The molecule has 0 unspecified atom stereocenters. The molecule has 0 aliphatic carbocycles. The summed E-state index contributed by atoms with van der Waals surface area (Å²) >= 11 is 7.47. The molecule has 9 heteroatoms. The van der Waals surface area contributed by atoms with Crippen LogP contribution in [0.2, 0.25) is 5.02 Å². The minimum absolute atomic E-state index is 0.229. The van der Waals surface area contributed by atoms with Gasteiger partial charge in [0, 0.05) is 17.0 Å². The Kier molecular flexibility index (Phi) is 4.97. The van der Waals surface area contributed by atoms with Crippen LogP contribution in [0.3, 0.4) is 0 Å². The van der Waals surface area contributed by atoms with Gasteiger partial charge in [-0.3, -0.25) is 10.1 Å². The van der Waals surface area contributed by atoms with Gasteiger partial charge in [-0.15, -0.1) is 10.2 Å². The molecule has 1 aromatic carbocycles. The maximum atomic E-state index is 12.7. The number of nitrogens with zero attached hydrogens (tertiary/aromatic N) is 4. The third-order valence-corrected chi connectivity index (χ3v) is 5.30. The molecule has 0 atom stereocenters. The number of amides is 1. The minimum atomic E-state index is -0.375. The maximum absolute atomic E-state index is 12.7. The Morgan fingerprint density at radius 1 is 1.21 bits per heavy atom. The van der Waals surface area contributed by atoms with Gasteiger partial charge in [-0.2, -0.15) is 5.10 Å². The van der Waals surface area contributed by atoms with Crippen molar-refractivity contribution >= 4 is 34.0 Å². The van der Waals surface area contributed by atoms with E-state index >= 15 is 0 Å². The third-order valence-electron chi connectivity index (χ3n) is 3.92. The van der Waals surface area contributed by atoms with Gasteiger partial charge in [0.2, 0.25) is 5.13 Å². The highest BCUT2D eigenvalue weighted by atomic mass is 35.5. The second kappa shape index (κ2) is 7.57. The van der Waals surface area contributed by atoms with Crippen LogP contribution in [0.5, 0.6) is 0 Å². The van der Waals surface area contributed by atoms with Gasteiger partial charge in [-0.25, -0.2) is 4.68 Å². The summed E-state index contributed by atoms with van der Waals surface area (Å²) in [6.45, 7) is 4.04. The van der Waals surface area contributed by atoms with E-state index < -0.39 is 0 Å². The van der Waals surface area contributed by atoms with Gasteiger partial charge in [0.15, 0.2) is 11.5 Å². The van der Waals surface area contributed by atoms with Crippen molar-refractivity contribution in [2.24, 2.45) is 0 Å². The lowest BCUT2D eigenvalue weighted by Crippen LogP contribution is -2.13. The van der Waals surface area contributed by atoms with Gasteiger partial charge >= 0.3 is 0 Å². The molecule has 0 saturated heterocycles. The van der Waals surface area contributed by atoms with E-state index in [4.69, 9.17) is 16.0 Å². The predicted octanol–water partition coefficient (Wildman–Crippen LogP) is 5.01. The van der Waals surface area contributed by atoms with Gasteiger partial charge in [-0.1, -0.05) is 42.9 Å². The number of furan rings is 1. The van der Waals surface area contributed by atoms with E-state index in [1.54, 1.807) is 41.3 Å². The first-order chi connectivity index (χ1) is 13.5. The highest BCUT2D eigenvalue weighted by Gasteiger charge is 2.20. The zero-order valence-corrected chi connectivity index (χ0v) is 16.7. The molecule has 0 saturated carbocycles. The van der Waals surface area contributed by atoms with Gasteiger partial charge in [0.05, 0.1) is 12.0 Å². The molecule has 0 aliphatic rings. The molecule has 3 aromatic heterocycles. The van der Waals surface area contributed by atoms with Crippen molar-refractivity contribution in [3.05, 3.63) is 64.5 Å². The first-order valence-corrected chi connectivity index (χ1v) is 9.75.